The summed E-state index contributed by atoms with van der Waals surface area (Å²) in [7, 11) is 0. The fraction of sp³-hybridized carbons (Fsp3) is 0.500. The monoisotopic (exact) mass is 273 g/mol. The Morgan fingerprint density at radius 3 is 2.79 bits per heavy atom. The summed E-state index contributed by atoms with van der Waals surface area (Å²) in [6, 6.07) is 0.785. The number of hydrogen-bond acceptors (Lipinski definition) is 2. The van der Waals surface area contributed by atoms with Gasteiger partial charge in [-0.2, -0.15) is 18.3 Å². The van der Waals surface area contributed by atoms with Gasteiger partial charge < -0.3 is 5.32 Å². The van der Waals surface area contributed by atoms with Gasteiger partial charge in [0.1, 0.15) is 5.69 Å². The Morgan fingerprint density at radius 2 is 2.21 bits per heavy atom. The number of carbonyl (C=O) groups excluding carboxylic acids is 1. The standard InChI is InChI=1S/C12H14F3N3O/c13-12(14,15)9-7-10(18-17-9)16-11(19)6-8-4-2-1-3-5-8/h4,7H,1-3,5-6H2,(H2,16,17,18,19). The Balaban J connectivity index is 1.92. The van der Waals surface area contributed by atoms with E-state index in [0.29, 0.717) is 0 Å². The topological polar surface area (TPSA) is 57.8 Å². The molecule has 1 aromatic rings. The summed E-state index contributed by atoms with van der Waals surface area (Å²) >= 11 is 0. The molecule has 1 aliphatic carbocycles. The number of rotatable bonds is 3. The van der Waals surface area contributed by atoms with Crippen molar-refractivity contribution < 1.29 is 18.0 Å². The minimum Gasteiger partial charge on any atom is -0.309 e. The number of nitrogens with zero attached hydrogens (tertiary/aromatic N) is 1. The molecule has 0 atom stereocenters. The summed E-state index contributed by atoms with van der Waals surface area (Å²) in [6.07, 6.45) is 1.77. The summed E-state index contributed by atoms with van der Waals surface area (Å²) in [4.78, 5) is 11.7. The molecule has 2 rings (SSSR count). The number of halogens is 3. The Bertz CT molecular complexity index is 491. The van der Waals surface area contributed by atoms with Crippen LogP contribution in [0.25, 0.3) is 0 Å². The molecule has 0 bridgehead atoms. The van der Waals surface area contributed by atoms with Crippen molar-refractivity contribution >= 4 is 11.7 Å². The van der Waals surface area contributed by atoms with E-state index in [-0.39, 0.29) is 18.1 Å². The number of H-pyrrole nitrogens is 1. The molecule has 2 N–H and O–H groups in total. The molecule has 0 aromatic carbocycles. The maximum atomic E-state index is 12.3. The van der Waals surface area contributed by atoms with Crippen molar-refractivity contribution in [2.45, 2.75) is 38.3 Å². The number of amides is 1. The molecule has 19 heavy (non-hydrogen) atoms. The molecule has 4 nitrogen and oxygen atoms in total. The van der Waals surface area contributed by atoms with Crippen molar-refractivity contribution in [3.63, 3.8) is 0 Å². The van der Waals surface area contributed by atoms with E-state index in [4.69, 9.17) is 0 Å². The van der Waals surface area contributed by atoms with Crippen LogP contribution in [0.15, 0.2) is 17.7 Å². The molecular weight excluding hydrogens is 259 g/mol. The van der Waals surface area contributed by atoms with Gasteiger partial charge in [-0.25, -0.2) is 0 Å². The van der Waals surface area contributed by atoms with Gasteiger partial charge in [-0.1, -0.05) is 11.6 Å². The lowest BCUT2D eigenvalue weighted by Gasteiger charge is -2.11. The largest absolute Gasteiger partial charge is 0.432 e. The van der Waals surface area contributed by atoms with Crippen LogP contribution >= 0.6 is 0 Å². The minimum absolute atomic E-state index is 0.103. The van der Waals surface area contributed by atoms with Gasteiger partial charge in [0, 0.05) is 12.5 Å². The maximum Gasteiger partial charge on any atom is 0.432 e. The lowest BCUT2D eigenvalue weighted by Crippen LogP contribution is -2.13. The number of hydrogen-bond donors (Lipinski definition) is 2. The molecule has 1 aromatic heterocycles. The van der Waals surface area contributed by atoms with Gasteiger partial charge >= 0.3 is 6.18 Å². The fourth-order valence-corrected chi connectivity index (χ4v) is 1.99. The Kier molecular flexibility index (Phi) is 3.92. The third-order valence-electron chi connectivity index (χ3n) is 2.92. The van der Waals surface area contributed by atoms with Gasteiger partial charge in [0.05, 0.1) is 0 Å². The van der Waals surface area contributed by atoms with E-state index < -0.39 is 11.9 Å². The highest BCUT2D eigenvalue weighted by Gasteiger charge is 2.33. The number of aromatic nitrogens is 2. The zero-order valence-corrected chi connectivity index (χ0v) is 10.2. The van der Waals surface area contributed by atoms with Crippen molar-refractivity contribution in [3.8, 4) is 0 Å². The minimum atomic E-state index is -4.48. The van der Waals surface area contributed by atoms with Crippen molar-refractivity contribution in [2.75, 3.05) is 5.32 Å². The molecular formula is C12H14F3N3O. The van der Waals surface area contributed by atoms with Crippen molar-refractivity contribution in [3.05, 3.63) is 23.4 Å². The third kappa shape index (κ3) is 3.84. The average molecular weight is 273 g/mol. The molecule has 0 saturated carbocycles. The first-order valence-electron chi connectivity index (χ1n) is 6.05. The number of alkyl halides is 3. The summed E-state index contributed by atoms with van der Waals surface area (Å²) in [6.45, 7) is 0. The Morgan fingerprint density at radius 1 is 1.42 bits per heavy atom. The van der Waals surface area contributed by atoms with Crippen LogP contribution in [0.2, 0.25) is 0 Å². The van der Waals surface area contributed by atoms with Gasteiger partial charge in [-0.05, 0) is 25.7 Å². The number of nitrogens with one attached hydrogen (secondary N) is 2. The SMILES string of the molecule is O=C(CC1=CCCCC1)Nc1cc(C(F)(F)F)[nH]n1. The lowest BCUT2D eigenvalue weighted by molar-refractivity contribution is -0.141. The molecule has 1 heterocycles. The number of allylic oxidation sites excluding steroid dienone is 1. The number of carbonyl (C=O) groups is 1. The summed E-state index contributed by atoms with van der Waals surface area (Å²) in [5.74, 6) is -0.442. The van der Waals surface area contributed by atoms with E-state index in [1.54, 1.807) is 0 Å². The van der Waals surface area contributed by atoms with E-state index >= 15 is 0 Å². The Labute approximate surface area is 108 Å². The quantitative estimate of drug-likeness (QED) is 0.830. The van der Waals surface area contributed by atoms with Crippen molar-refractivity contribution in [1.82, 2.24) is 10.2 Å². The summed E-state index contributed by atoms with van der Waals surface area (Å²) in [5, 5.41) is 7.63. The van der Waals surface area contributed by atoms with Crippen LogP contribution in [0.4, 0.5) is 19.0 Å². The first-order valence-corrected chi connectivity index (χ1v) is 6.05. The van der Waals surface area contributed by atoms with E-state index in [1.165, 1.54) is 0 Å². The van der Waals surface area contributed by atoms with Crippen LogP contribution in [0.3, 0.4) is 0 Å². The average Bonchev–Trinajstić information content (AvgIpc) is 2.78. The van der Waals surface area contributed by atoms with E-state index in [2.05, 4.69) is 10.4 Å². The van der Waals surface area contributed by atoms with Gasteiger partial charge in [-0.15, -0.1) is 0 Å². The lowest BCUT2D eigenvalue weighted by atomic mass is 9.97. The van der Waals surface area contributed by atoms with Crippen LogP contribution in [0.5, 0.6) is 0 Å². The smallest absolute Gasteiger partial charge is 0.309 e. The molecule has 0 saturated heterocycles. The zero-order valence-electron chi connectivity index (χ0n) is 10.2. The van der Waals surface area contributed by atoms with Crippen LogP contribution in [0.1, 0.15) is 37.8 Å². The van der Waals surface area contributed by atoms with Crippen molar-refractivity contribution in [2.24, 2.45) is 0 Å². The Hall–Kier alpha value is -1.79. The first kappa shape index (κ1) is 13.6. The predicted molar refractivity (Wildman–Crippen MR) is 63.4 cm³/mol. The second-order valence-corrected chi connectivity index (χ2v) is 4.50. The molecule has 0 radical (unpaired) electrons. The highest BCUT2D eigenvalue weighted by molar-refractivity contribution is 5.91. The summed E-state index contributed by atoms with van der Waals surface area (Å²) < 4.78 is 37.0. The molecule has 1 aliphatic rings. The van der Waals surface area contributed by atoms with Gasteiger partial charge in [0.15, 0.2) is 5.82 Å². The van der Waals surface area contributed by atoms with Crippen LogP contribution in [0, 0.1) is 0 Å². The second kappa shape index (κ2) is 5.46. The van der Waals surface area contributed by atoms with Gasteiger partial charge in [-0.3, -0.25) is 9.89 Å². The molecule has 104 valence electrons. The number of aromatic amines is 1. The van der Waals surface area contributed by atoms with E-state index in [1.807, 2.05) is 11.2 Å². The molecule has 1 amide bonds. The van der Waals surface area contributed by atoms with E-state index in [0.717, 1.165) is 37.3 Å². The maximum absolute atomic E-state index is 12.3. The fourth-order valence-electron chi connectivity index (χ4n) is 1.99. The molecule has 0 unspecified atom stereocenters. The molecule has 0 aliphatic heterocycles. The van der Waals surface area contributed by atoms with Gasteiger partial charge in [0.25, 0.3) is 0 Å². The zero-order chi connectivity index (χ0) is 13.9. The highest BCUT2D eigenvalue weighted by atomic mass is 19.4. The molecule has 7 heteroatoms. The van der Waals surface area contributed by atoms with Gasteiger partial charge in [0.2, 0.25) is 5.91 Å². The number of anilines is 1. The van der Waals surface area contributed by atoms with Crippen molar-refractivity contribution in [1.29, 1.82) is 0 Å². The highest BCUT2D eigenvalue weighted by Crippen LogP contribution is 2.28. The summed E-state index contributed by atoms with van der Waals surface area (Å²) in [5.41, 5.74) is 0.0648. The van der Waals surface area contributed by atoms with Crippen LogP contribution in [-0.4, -0.2) is 16.1 Å². The third-order valence-corrected chi connectivity index (χ3v) is 2.92. The van der Waals surface area contributed by atoms with Crippen LogP contribution < -0.4 is 5.32 Å². The van der Waals surface area contributed by atoms with E-state index in [9.17, 15) is 18.0 Å². The normalized spacial score (nSPS) is 16.1. The van der Waals surface area contributed by atoms with Crippen LogP contribution in [-0.2, 0) is 11.0 Å². The first-order chi connectivity index (χ1) is 8.95. The predicted octanol–water partition coefficient (Wildman–Crippen LogP) is 3.26. The molecule has 0 spiro atoms. The molecule has 0 fully saturated rings. The second-order valence-electron chi connectivity index (χ2n) is 4.50.